The third kappa shape index (κ3) is 40.5. The molecule has 3 N–H and O–H groups in total. The van der Waals surface area contributed by atoms with Crippen LogP contribution in [0.1, 0.15) is 142 Å². The van der Waals surface area contributed by atoms with Crippen LogP contribution in [0.2, 0.25) is 0 Å². The van der Waals surface area contributed by atoms with Crippen LogP contribution >= 0.6 is 7.82 Å². The summed E-state index contributed by atoms with van der Waals surface area (Å²) in [4.78, 5) is 35.5. The quantitative estimate of drug-likeness (QED) is 0.0179. The van der Waals surface area contributed by atoms with Crippen molar-refractivity contribution in [1.29, 1.82) is 0 Å². The zero-order valence-corrected chi connectivity index (χ0v) is 38.8. The van der Waals surface area contributed by atoms with Crippen molar-refractivity contribution in [2.75, 3.05) is 47.5 Å². The fourth-order valence-corrected chi connectivity index (χ4v) is 6.20. The smallest absolute Gasteiger partial charge is 0.462 e. The standard InChI is InChI=1S/C48H82NO10P/c1-6-8-10-12-14-16-18-20-21-22-23-24-26-28-30-32-34-38-47(52)56-42-44(43-58-60(54,55)57-41-40-49(3,4)5)59-48(53)39-35-37-46(51)45(50)36-33-31-29-27-25-19-17-15-13-11-9-7-2/h8,10,14-17,20-21,23-25,27,31,33,44-46,50-51H,6-7,9,11-13,18-19,22,26,28-30,32,34-43H2,1-5H3/p+1/b10-8-,16-14-,17-15-,21-20-,24-23-,27-25-,33-31-/t44-,45?,46?/m1/s1. The van der Waals surface area contributed by atoms with Gasteiger partial charge in [0, 0.05) is 12.8 Å². The van der Waals surface area contributed by atoms with Crippen LogP contribution in [0.5, 0.6) is 0 Å². The van der Waals surface area contributed by atoms with Crippen LogP contribution in [0.4, 0.5) is 0 Å². The first-order chi connectivity index (χ1) is 28.8. The minimum absolute atomic E-state index is 0.0295. The molecule has 0 saturated heterocycles. The maximum atomic E-state index is 12.7. The molecule has 0 aliphatic carbocycles. The van der Waals surface area contributed by atoms with Crippen LogP contribution in [-0.4, -0.2) is 97.3 Å². The number of aliphatic hydroxyl groups excluding tert-OH is 2. The van der Waals surface area contributed by atoms with Crippen molar-refractivity contribution in [1.82, 2.24) is 0 Å². The van der Waals surface area contributed by atoms with Crippen LogP contribution in [0.3, 0.4) is 0 Å². The van der Waals surface area contributed by atoms with Gasteiger partial charge in [-0.05, 0) is 89.9 Å². The van der Waals surface area contributed by atoms with Gasteiger partial charge in [0.15, 0.2) is 6.10 Å². The molecular formula is C48H83NO10P+. The molecule has 0 bridgehead atoms. The average molecular weight is 865 g/mol. The van der Waals surface area contributed by atoms with Crippen LogP contribution in [0.15, 0.2) is 85.1 Å². The molecule has 0 spiro atoms. The number of phosphoric acid groups is 1. The van der Waals surface area contributed by atoms with Gasteiger partial charge in [0.2, 0.25) is 0 Å². The highest BCUT2D eigenvalue weighted by molar-refractivity contribution is 7.47. The Kier molecular flexibility index (Phi) is 37.1. The number of unbranched alkanes of at least 4 members (excludes halogenated alkanes) is 7. The molecule has 0 saturated carbocycles. The molecule has 0 aliphatic rings. The summed E-state index contributed by atoms with van der Waals surface area (Å²) in [5, 5.41) is 20.8. The van der Waals surface area contributed by atoms with E-state index >= 15 is 0 Å². The number of carbonyl (C=O) groups is 2. The Morgan fingerprint density at radius 1 is 0.600 bits per heavy atom. The van der Waals surface area contributed by atoms with Gasteiger partial charge < -0.3 is 29.1 Å². The number of nitrogens with zero attached hydrogens (tertiary/aromatic N) is 1. The number of hydrogen-bond donors (Lipinski definition) is 3. The molecule has 60 heavy (non-hydrogen) atoms. The van der Waals surface area contributed by atoms with Gasteiger partial charge in [-0.1, -0.05) is 125 Å². The van der Waals surface area contributed by atoms with Crippen molar-refractivity contribution < 1.29 is 52.3 Å². The number of esters is 2. The lowest BCUT2D eigenvalue weighted by molar-refractivity contribution is -0.870. The van der Waals surface area contributed by atoms with Gasteiger partial charge in [-0.3, -0.25) is 18.6 Å². The molecule has 0 rings (SSSR count). The highest BCUT2D eigenvalue weighted by Gasteiger charge is 2.27. The van der Waals surface area contributed by atoms with Gasteiger partial charge >= 0.3 is 19.8 Å². The second-order valence-corrected chi connectivity index (χ2v) is 17.5. The summed E-state index contributed by atoms with van der Waals surface area (Å²) in [6.07, 6.45) is 42.3. The van der Waals surface area contributed by atoms with Crippen LogP contribution in [0.25, 0.3) is 0 Å². The largest absolute Gasteiger partial charge is 0.472 e. The van der Waals surface area contributed by atoms with E-state index in [1.165, 1.54) is 19.3 Å². The van der Waals surface area contributed by atoms with Crippen molar-refractivity contribution >= 4 is 19.8 Å². The molecule has 11 nitrogen and oxygen atoms in total. The molecule has 4 atom stereocenters. The van der Waals surface area contributed by atoms with E-state index in [4.69, 9.17) is 18.5 Å². The molecular weight excluding hydrogens is 781 g/mol. The number of aliphatic hydroxyl groups is 2. The summed E-state index contributed by atoms with van der Waals surface area (Å²) in [6.45, 7) is 3.88. The summed E-state index contributed by atoms with van der Waals surface area (Å²) in [7, 11) is 1.27. The maximum Gasteiger partial charge on any atom is 0.472 e. The van der Waals surface area contributed by atoms with E-state index in [1.54, 1.807) is 0 Å². The highest BCUT2D eigenvalue weighted by atomic mass is 31.2. The topological polar surface area (TPSA) is 149 Å². The van der Waals surface area contributed by atoms with E-state index in [0.29, 0.717) is 17.4 Å². The molecule has 12 heteroatoms. The molecule has 0 aromatic heterocycles. The summed E-state index contributed by atoms with van der Waals surface area (Å²) >= 11 is 0. The van der Waals surface area contributed by atoms with Gasteiger partial charge in [0.25, 0.3) is 0 Å². The summed E-state index contributed by atoms with van der Waals surface area (Å²) in [5.41, 5.74) is 0. The number of hydrogen-bond acceptors (Lipinski definition) is 9. The molecule has 0 heterocycles. The van der Waals surface area contributed by atoms with Gasteiger partial charge in [0.05, 0.1) is 40.0 Å². The summed E-state index contributed by atoms with van der Waals surface area (Å²) in [5.74, 6) is -1.12. The minimum Gasteiger partial charge on any atom is -0.462 e. The second-order valence-electron chi connectivity index (χ2n) is 16.0. The van der Waals surface area contributed by atoms with E-state index in [9.17, 15) is 29.3 Å². The molecule has 0 amide bonds. The van der Waals surface area contributed by atoms with Crippen LogP contribution in [-0.2, 0) is 32.7 Å². The zero-order valence-electron chi connectivity index (χ0n) is 37.9. The van der Waals surface area contributed by atoms with E-state index in [-0.39, 0.29) is 45.3 Å². The number of quaternary nitrogens is 1. The van der Waals surface area contributed by atoms with Crippen molar-refractivity contribution in [3.8, 4) is 0 Å². The third-order valence-electron chi connectivity index (χ3n) is 9.11. The molecule has 3 unspecified atom stereocenters. The number of carbonyl (C=O) groups excluding carboxylic acids is 2. The Hall–Kier alpha value is -2.89. The lowest BCUT2D eigenvalue weighted by atomic mass is 10.0. The van der Waals surface area contributed by atoms with Gasteiger partial charge in [-0.15, -0.1) is 0 Å². The third-order valence-corrected chi connectivity index (χ3v) is 10.1. The van der Waals surface area contributed by atoms with Gasteiger partial charge in [-0.2, -0.15) is 0 Å². The molecule has 0 aliphatic heterocycles. The van der Waals surface area contributed by atoms with Crippen molar-refractivity contribution in [3.63, 3.8) is 0 Å². The maximum absolute atomic E-state index is 12.7. The van der Waals surface area contributed by atoms with Crippen molar-refractivity contribution in [2.24, 2.45) is 0 Å². The van der Waals surface area contributed by atoms with Gasteiger partial charge in [-0.25, -0.2) is 4.57 Å². The number of rotatable bonds is 39. The predicted molar refractivity (Wildman–Crippen MR) is 245 cm³/mol. The van der Waals surface area contributed by atoms with Crippen LogP contribution < -0.4 is 0 Å². The van der Waals surface area contributed by atoms with E-state index in [2.05, 4.69) is 86.8 Å². The van der Waals surface area contributed by atoms with Gasteiger partial charge in [0.1, 0.15) is 19.8 Å². The first-order valence-electron chi connectivity index (χ1n) is 22.5. The SMILES string of the molecule is CC/C=C\C/C=C\C/C=C\C/C=C\CCCCCCC(=O)OC[C@H](COP(=O)(O)OCC[N+](C)(C)C)OC(=O)CCCC(O)C(O)C/C=C\C/C=C\C/C=C\CCCCC. The Balaban J connectivity index is 4.66. The van der Waals surface area contributed by atoms with E-state index in [0.717, 1.165) is 70.6 Å². The van der Waals surface area contributed by atoms with Crippen molar-refractivity contribution in [3.05, 3.63) is 85.1 Å². The molecule has 0 aromatic carbocycles. The fourth-order valence-electron chi connectivity index (χ4n) is 5.46. The monoisotopic (exact) mass is 865 g/mol. The van der Waals surface area contributed by atoms with E-state index < -0.39 is 44.7 Å². The number of allylic oxidation sites excluding steroid dienone is 13. The normalized spacial score (nSPS) is 15.4. The lowest BCUT2D eigenvalue weighted by Crippen LogP contribution is -2.37. The summed E-state index contributed by atoms with van der Waals surface area (Å²) in [6, 6.07) is 0. The fraction of sp³-hybridized carbons (Fsp3) is 0.667. The molecule has 344 valence electrons. The Bertz CT molecular complexity index is 1330. The highest BCUT2D eigenvalue weighted by Crippen LogP contribution is 2.43. The first-order valence-corrected chi connectivity index (χ1v) is 24.0. The first kappa shape index (κ1) is 57.1. The number of likely N-dealkylation sites (N-methyl/N-ethyl adjacent to an activating group) is 1. The number of phosphoric ester groups is 1. The zero-order chi connectivity index (χ0) is 44.6. The lowest BCUT2D eigenvalue weighted by Gasteiger charge is -2.24. The predicted octanol–water partition coefficient (Wildman–Crippen LogP) is 10.7. The Morgan fingerprint density at radius 3 is 1.68 bits per heavy atom. The Morgan fingerprint density at radius 2 is 1.12 bits per heavy atom. The molecule has 0 fully saturated rings. The van der Waals surface area contributed by atoms with E-state index in [1.807, 2.05) is 33.3 Å². The molecule has 0 radical (unpaired) electrons. The van der Waals surface area contributed by atoms with Crippen molar-refractivity contribution in [2.45, 2.75) is 161 Å². The minimum atomic E-state index is -4.47. The second kappa shape index (κ2) is 39.0. The summed E-state index contributed by atoms with van der Waals surface area (Å²) < 4.78 is 34.1. The Labute approximate surface area is 364 Å². The number of ether oxygens (including phenoxy) is 2. The average Bonchev–Trinajstić information content (AvgIpc) is 3.19. The molecule has 0 aromatic rings. The van der Waals surface area contributed by atoms with Crippen LogP contribution in [0, 0.1) is 0 Å².